The smallest absolute Gasteiger partial charge is 0.243 e. The summed E-state index contributed by atoms with van der Waals surface area (Å²) < 4.78 is 0. The maximum atomic E-state index is 12.4. The zero-order valence-corrected chi connectivity index (χ0v) is 16.3. The Kier molecular flexibility index (Phi) is 3.76. The Bertz CT molecular complexity index is 640. The zero-order chi connectivity index (χ0) is 18.1. The summed E-state index contributed by atoms with van der Waals surface area (Å²) in [6, 6.07) is 0.271. The van der Waals surface area contributed by atoms with Crippen molar-refractivity contribution in [3.63, 3.8) is 0 Å². The number of Topliss-reactive ketones (excluding diaryl/α,β-unsaturated/α-hetero) is 1. The summed E-state index contributed by atoms with van der Waals surface area (Å²) in [6.07, 6.45) is 8.58. The lowest BCUT2D eigenvalue weighted by atomic mass is 9.45. The number of hydrogen-bond acceptors (Lipinski definition) is 2. The van der Waals surface area contributed by atoms with Crippen LogP contribution in [-0.2, 0) is 9.59 Å². The molecule has 0 aromatic heterocycles. The molecule has 0 saturated heterocycles. The van der Waals surface area contributed by atoms with Gasteiger partial charge in [-0.25, -0.2) is 0 Å². The van der Waals surface area contributed by atoms with E-state index in [0.29, 0.717) is 35.4 Å². The molecular formula is C22H33NO2. The van der Waals surface area contributed by atoms with E-state index in [1.54, 1.807) is 6.08 Å². The second-order valence-corrected chi connectivity index (χ2v) is 10.1. The molecule has 0 bridgehead atoms. The average molecular weight is 344 g/mol. The molecule has 0 spiro atoms. The van der Waals surface area contributed by atoms with E-state index in [-0.39, 0.29) is 28.7 Å². The molecule has 1 heterocycles. The molecule has 4 aliphatic rings. The van der Waals surface area contributed by atoms with Crippen LogP contribution >= 0.6 is 0 Å². The third-order valence-electron chi connectivity index (χ3n) is 8.84. The van der Waals surface area contributed by atoms with Gasteiger partial charge in [0.15, 0.2) is 0 Å². The summed E-state index contributed by atoms with van der Waals surface area (Å²) in [5.74, 6) is 3.75. The molecule has 1 amide bonds. The van der Waals surface area contributed by atoms with Crippen LogP contribution in [0.2, 0.25) is 0 Å². The molecule has 3 heteroatoms. The van der Waals surface area contributed by atoms with Crippen molar-refractivity contribution in [3.05, 3.63) is 12.2 Å². The predicted octanol–water partition coefficient (Wildman–Crippen LogP) is 3.98. The molecule has 8 unspecified atom stereocenters. The molecule has 3 fully saturated rings. The van der Waals surface area contributed by atoms with Crippen LogP contribution in [0, 0.1) is 46.3 Å². The first-order chi connectivity index (χ1) is 11.7. The Hall–Kier alpha value is -1.12. The molecule has 1 N–H and O–H groups in total. The van der Waals surface area contributed by atoms with E-state index in [4.69, 9.17) is 0 Å². The fourth-order valence-corrected chi connectivity index (χ4v) is 7.92. The van der Waals surface area contributed by atoms with Crippen molar-refractivity contribution in [2.45, 2.75) is 66.3 Å². The molecule has 3 aliphatic carbocycles. The highest BCUT2D eigenvalue weighted by Crippen LogP contribution is 2.67. The van der Waals surface area contributed by atoms with Gasteiger partial charge in [0.05, 0.1) is 0 Å². The van der Waals surface area contributed by atoms with Crippen molar-refractivity contribution in [2.24, 2.45) is 46.3 Å². The summed E-state index contributed by atoms with van der Waals surface area (Å²) in [5, 5.41) is 3.25. The Balaban J connectivity index is 1.73. The Morgan fingerprint density at radius 3 is 2.56 bits per heavy atom. The topological polar surface area (TPSA) is 46.2 Å². The van der Waals surface area contributed by atoms with Crippen molar-refractivity contribution in [2.75, 3.05) is 0 Å². The lowest BCUT2D eigenvalue weighted by molar-refractivity contribution is -0.134. The van der Waals surface area contributed by atoms with E-state index < -0.39 is 0 Å². The van der Waals surface area contributed by atoms with Crippen LogP contribution in [0.25, 0.3) is 0 Å². The van der Waals surface area contributed by atoms with Gasteiger partial charge in [0.25, 0.3) is 0 Å². The molecule has 1 aliphatic heterocycles. The SMILES string of the molecule is CC(=O)C1C(C)CC2C3C(C)C[C@H]4NC(=O)C=CC4(C)C3CCC21C. The minimum absolute atomic E-state index is 0.0694. The van der Waals surface area contributed by atoms with Crippen LogP contribution in [0.3, 0.4) is 0 Å². The predicted molar refractivity (Wildman–Crippen MR) is 98.7 cm³/mol. The Morgan fingerprint density at radius 2 is 1.88 bits per heavy atom. The van der Waals surface area contributed by atoms with Crippen LogP contribution in [-0.4, -0.2) is 17.7 Å². The fourth-order valence-electron chi connectivity index (χ4n) is 7.92. The van der Waals surface area contributed by atoms with Crippen molar-refractivity contribution in [1.29, 1.82) is 0 Å². The maximum absolute atomic E-state index is 12.4. The van der Waals surface area contributed by atoms with Crippen molar-refractivity contribution < 1.29 is 9.59 Å². The van der Waals surface area contributed by atoms with Crippen LogP contribution in [0.1, 0.15) is 60.3 Å². The summed E-state index contributed by atoms with van der Waals surface area (Å²) >= 11 is 0. The second kappa shape index (κ2) is 5.44. The molecule has 0 aromatic rings. The number of ketones is 1. The number of nitrogens with one attached hydrogen (secondary N) is 1. The number of fused-ring (bicyclic) bond motifs is 5. The lowest BCUT2D eigenvalue weighted by Crippen LogP contribution is -2.61. The molecule has 25 heavy (non-hydrogen) atoms. The monoisotopic (exact) mass is 343 g/mol. The largest absolute Gasteiger partial charge is 0.349 e. The van der Waals surface area contributed by atoms with E-state index in [0.717, 1.165) is 12.8 Å². The molecule has 0 radical (unpaired) electrons. The van der Waals surface area contributed by atoms with Crippen molar-refractivity contribution in [3.8, 4) is 0 Å². The minimum Gasteiger partial charge on any atom is -0.349 e. The van der Waals surface area contributed by atoms with Gasteiger partial charge in [-0.15, -0.1) is 0 Å². The second-order valence-electron chi connectivity index (χ2n) is 10.1. The number of carbonyl (C=O) groups excluding carboxylic acids is 2. The number of carbonyl (C=O) groups is 2. The van der Waals surface area contributed by atoms with Gasteiger partial charge in [-0.2, -0.15) is 0 Å². The van der Waals surface area contributed by atoms with Gasteiger partial charge in [-0.05, 0) is 73.7 Å². The third kappa shape index (κ3) is 2.23. The number of hydrogen-bond donors (Lipinski definition) is 1. The van der Waals surface area contributed by atoms with E-state index in [1.807, 2.05) is 6.92 Å². The van der Waals surface area contributed by atoms with Gasteiger partial charge < -0.3 is 5.32 Å². The normalized spacial score (nSPS) is 54.3. The van der Waals surface area contributed by atoms with E-state index >= 15 is 0 Å². The highest BCUT2D eigenvalue weighted by atomic mass is 16.1. The first kappa shape index (κ1) is 17.3. The van der Waals surface area contributed by atoms with E-state index in [9.17, 15) is 9.59 Å². The Morgan fingerprint density at radius 1 is 1.16 bits per heavy atom. The highest BCUT2D eigenvalue weighted by Gasteiger charge is 2.63. The zero-order valence-electron chi connectivity index (χ0n) is 16.3. The van der Waals surface area contributed by atoms with Crippen LogP contribution in [0.4, 0.5) is 0 Å². The quantitative estimate of drug-likeness (QED) is 0.783. The minimum atomic E-state index is 0.0694. The summed E-state index contributed by atoms with van der Waals surface area (Å²) in [5.41, 5.74) is 0.246. The standard InChI is InChI=1S/C22H33NO2/c1-12-11-17-21(4,9-7-18(25)23-17)15-6-8-22(5)16(19(12)15)10-13(2)20(22)14(3)24/h7,9,12-13,15-17,19-20H,6,8,10-11H2,1-5H3,(H,23,25)/t12?,13?,15?,16?,17-,19?,20?,21?,22?/m1/s1. The van der Waals surface area contributed by atoms with Crippen LogP contribution in [0.15, 0.2) is 12.2 Å². The highest BCUT2D eigenvalue weighted by molar-refractivity contribution is 5.89. The third-order valence-corrected chi connectivity index (χ3v) is 8.84. The number of amides is 1. The van der Waals surface area contributed by atoms with E-state index in [1.165, 1.54) is 12.8 Å². The summed E-state index contributed by atoms with van der Waals surface area (Å²) in [4.78, 5) is 24.3. The van der Waals surface area contributed by atoms with Gasteiger partial charge in [0.2, 0.25) is 5.91 Å². The van der Waals surface area contributed by atoms with Gasteiger partial charge in [-0.3, -0.25) is 9.59 Å². The van der Waals surface area contributed by atoms with Gasteiger partial charge in [0, 0.05) is 17.4 Å². The fraction of sp³-hybridized carbons (Fsp3) is 0.818. The molecule has 4 rings (SSSR count). The molecule has 138 valence electrons. The maximum Gasteiger partial charge on any atom is 0.243 e. The lowest BCUT2D eigenvalue weighted by Gasteiger charge is -2.60. The molecule has 3 saturated carbocycles. The van der Waals surface area contributed by atoms with Crippen LogP contribution < -0.4 is 5.32 Å². The first-order valence-electron chi connectivity index (χ1n) is 10.2. The Labute approximate surface area is 152 Å². The van der Waals surface area contributed by atoms with Crippen molar-refractivity contribution in [1.82, 2.24) is 5.32 Å². The molecular weight excluding hydrogens is 310 g/mol. The number of rotatable bonds is 1. The molecule has 0 aromatic carbocycles. The molecule has 9 atom stereocenters. The van der Waals surface area contributed by atoms with Crippen molar-refractivity contribution >= 4 is 11.7 Å². The van der Waals surface area contributed by atoms with E-state index in [2.05, 4.69) is 39.1 Å². The van der Waals surface area contributed by atoms with Gasteiger partial charge >= 0.3 is 0 Å². The summed E-state index contributed by atoms with van der Waals surface area (Å²) in [6.45, 7) is 11.3. The first-order valence-corrected chi connectivity index (χ1v) is 10.2. The van der Waals surface area contributed by atoms with Gasteiger partial charge in [0.1, 0.15) is 5.78 Å². The summed E-state index contributed by atoms with van der Waals surface area (Å²) in [7, 11) is 0. The van der Waals surface area contributed by atoms with Gasteiger partial charge in [-0.1, -0.05) is 33.8 Å². The molecule has 3 nitrogen and oxygen atoms in total. The average Bonchev–Trinajstić information content (AvgIpc) is 2.79. The van der Waals surface area contributed by atoms with Crippen LogP contribution in [0.5, 0.6) is 0 Å².